The minimum absolute atomic E-state index is 0.271. The Morgan fingerprint density at radius 1 is 1.04 bits per heavy atom. The number of methoxy groups -OCH3 is 1. The molecule has 2 atom stereocenters. The van der Waals surface area contributed by atoms with Gasteiger partial charge in [0.05, 0.1) is 7.11 Å². The van der Waals surface area contributed by atoms with Crippen molar-refractivity contribution in [1.82, 2.24) is 5.32 Å². The number of benzene rings is 2. The lowest BCUT2D eigenvalue weighted by molar-refractivity contribution is -0.148. The number of hydrogen-bond donors (Lipinski definition) is 1. The minimum Gasteiger partial charge on any atom is -0.467 e. The molecule has 0 aliphatic rings. The van der Waals surface area contributed by atoms with Crippen LogP contribution in [0.5, 0.6) is 0 Å². The molecule has 0 radical (unpaired) electrons. The summed E-state index contributed by atoms with van der Waals surface area (Å²) in [5.74, 6) is -1.07. The summed E-state index contributed by atoms with van der Waals surface area (Å²) >= 11 is 0. The van der Waals surface area contributed by atoms with Gasteiger partial charge in [0.15, 0.2) is 0 Å². The van der Waals surface area contributed by atoms with Crippen molar-refractivity contribution in [2.75, 3.05) is 7.11 Å². The third-order valence-corrected chi connectivity index (χ3v) is 4.31. The van der Waals surface area contributed by atoms with Crippen molar-refractivity contribution in [3.05, 3.63) is 77.9 Å². The van der Waals surface area contributed by atoms with Crippen molar-refractivity contribution in [3.63, 3.8) is 0 Å². The number of nitrogens with one attached hydrogen (secondary N) is 1. The number of carbonyl (C=O) groups is 2. The van der Waals surface area contributed by atoms with E-state index in [1.54, 1.807) is 31.2 Å². The van der Waals surface area contributed by atoms with E-state index < -0.39 is 11.5 Å². The van der Waals surface area contributed by atoms with E-state index in [9.17, 15) is 9.59 Å². The average Bonchev–Trinajstić information content (AvgIpc) is 2.66. The van der Waals surface area contributed by atoms with Crippen molar-refractivity contribution in [2.45, 2.75) is 19.4 Å². The molecule has 1 amide bonds. The molecule has 0 aliphatic heterocycles. The molecule has 0 fully saturated rings. The fourth-order valence-electron chi connectivity index (χ4n) is 2.47. The predicted molar refractivity (Wildman–Crippen MR) is 99.0 cm³/mol. The standard InChI is InChI=1S/C21H23NO3/c1-16(14-15-17-10-6-4-7-11-17)21(2,20(24)25-3)22-19(23)18-12-8-5-9-13-18/h4-16H,1-3H3,(H,22,23)/b15-14+/t16-,21+/m1/s1. The molecule has 0 saturated heterocycles. The summed E-state index contributed by atoms with van der Waals surface area (Å²) in [5, 5.41) is 2.83. The zero-order valence-corrected chi connectivity index (χ0v) is 14.7. The maximum Gasteiger partial charge on any atom is 0.331 e. The molecule has 4 heteroatoms. The molecule has 4 nitrogen and oxygen atoms in total. The van der Waals surface area contributed by atoms with Gasteiger partial charge in [-0.2, -0.15) is 0 Å². The summed E-state index contributed by atoms with van der Waals surface area (Å²) in [5.41, 5.74) is 0.347. The molecule has 1 N–H and O–H groups in total. The van der Waals surface area contributed by atoms with E-state index >= 15 is 0 Å². The molecule has 130 valence electrons. The second-order valence-electron chi connectivity index (χ2n) is 6.07. The highest BCUT2D eigenvalue weighted by atomic mass is 16.5. The molecule has 0 spiro atoms. The first-order chi connectivity index (χ1) is 12.0. The van der Waals surface area contributed by atoms with Crippen LogP contribution in [0, 0.1) is 5.92 Å². The number of esters is 1. The monoisotopic (exact) mass is 337 g/mol. The third-order valence-electron chi connectivity index (χ3n) is 4.31. The van der Waals surface area contributed by atoms with Crippen LogP contribution in [0.1, 0.15) is 29.8 Å². The van der Waals surface area contributed by atoms with E-state index in [0.29, 0.717) is 5.56 Å². The van der Waals surface area contributed by atoms with Gasteiger partial charge in [0, 0.05) is 11.5 Å². The quantitative estimate of drug-likeness (QED) is 0.818. The van der Waals surface area contributed by atoms with E-state index in [1.165, 1.54) is 7.11 Å². The topological polar surface area (TPSA) is 55.4 Å². The second-order valence-corrected chi connectivity index (χ2v) is 6.07. The largest absolute Gasteiger partial charge is 0.467 e. The molecule has 2 aromatic carbocycles. The van der Waals surface area contributed by atoms with Gasteiger partial charge in [-0.25, -0.2) is 4.79 Å². The van der Waals surface area contributed by atoms with Crippen LogP contribution in [0.3, 0.4) is 0 Å². The lowest BCUT2D eigenvalue weighted by Gasteiger charge is -2.32. The molecule has 0 unspecified atom stereocenters. The van der Waals surface area contributed by atoms with Gasteiger partial charge < -0.3 is 10.1 Å². The van der Waals surface area contributed by atoms with Gasteiger partial charge in [0.25, 0.3) is 5.91 Å². The predicted octanol–water partition coefficient (Wildman–Crippen LogP) is 3.70. The third kappa shape index (κ3) is 4.57. The molecule has 25 heavy (non-hydrogen) atoms. The summed E-state index contributed by atoms with van der Waals surface area (Å²) in [7, 11) is 1.32. The number of ether oxygens (including phenoxy) is 1. The zero-order chi connectivity index (χ0) is 18.3. The van der Waals surface area contributed by atoms with Crippen molar-refractivity contribution in [1.29, 1.82) is 0 Å². The maximum absolute atomic E-state index is 12.5. The van der Waals surface area contributed by atoms with Crippen LogP contribution in [0.15, 0.2) is 66.7 Å². The highest BCUT2D eigenvalue weighted by Crippen LogP contribution is 2.22. The second kappa shape index (κ2) is 8.29. The molecule has 0 aliphatic carbocycles. The molecule has 0 aromatic heterocycles. The van der Waals surface area contributed by atoms with Gasteiger partial charge >= 0.3 is 5.97 Å². The lowest BCUT2D eigenvalue weighted by Crippen LogP contribution is -2.56. The van der Waals surface area contributed by atoms with Crippen molar-refractivity contribution < 1.29 is 14.3 Å². The molecule has 0 bridgehead atoms. The van der Waals surface area contributed by atoms with Gasteiger partial charge in [-0.3, -0.25) is 4.79 Å². The van der Waals surface area contributed by atoms with Crippen molar-refractivity contribution in [3.8, 4) is 0 Å². The van der Waals surface area contributed by atoms with Gasteiger partial charge in [0.1, 0.15) is 5.54 Å². The van der Waals surface area contributed by atoms with E-state index in [-0.39, 0.29) is 11.8 Å². The average molecular weight is 337 g/mol. The number of amides is 1. The Labute approximate surface area is 148 Å². The molecule has 2 rings (SSSR count). The molecular formula is C21H23NO3. The van der Waals surface area contributed by atoms with Crippen molar-refractivity contribution in [2.24, 2.45) is 5.92 Å². The van der Waals surface area contributed by atoms with Gasteiger partial charge in [0.2, 0.25) is 0 Å². The highest BCUT2D eigenvalue weighted by Gasteiger charge is 2.40. The number of hydrogen-bond acceptors (Lipinski definition) is 3. The van der Waals surface area contributed by atoms with Crippen LogP contribution in [0.25, 0.3) is 6.08 Å². The fraction of sp³-hybridized carbons (Fsp3) is 0.238. The summed E-state index contributed by atoms with van der Waals surface area (Å²) in [6, 6.07) is 18.6. The Morgan fingerprint density at radius 2 is 1.60 bits per heavy atom. The van der Waals surface area contributed by atoms with Gasteiger partial charge in [-0.1, -0.05) is 67.6 Å². The van der Waals surface area contributed by atoms with Crippen LogP contribution in [-0.4, -0.2) is 24.5 Å². The Morgan fingerprint density at radius 3 is 2.16 bits per heavy atom. The Hall–Kier alpha value is -2.88. The van der Waals surface area contributed by atoms with Crippen LogP contribution in [0.2, 0.25) is 0 Å². The number of carbonyl (C=O) groups excluding carboxylic acids is 2. The van der Waals surface area contributed by atoms with Crippen LogP contribution in [0.4, 0.5) is 0 Å². The molecule has 0 saturated carbocycles. The van der Waals surface area contributed by atoms with Crippen LogP contribution < -0.4 is 5.32 Å². The Balaban J connectivity index is 2.23. The first kappa shape index (κ1) is 18.5. The molecule has 0 heterocycles. The summed E-state index contributed by atoms with van der Waals surface area (Å²) < 4.78 is 4.94. The Bertz CT molecular complexity index is 740. The first-order valence-corrected chi connectivity index (χ1v) is 8.16. The maximum atomic E-state index is 12.5. The summed E-state index contributed by atoms with van der Waals surface area (Å²) in [4.78, 5) is 24.9. The minimum atomic E-state index is -1.17. The van der Waals surface area contributed by atoms with E-state index in [2.05, 4.69) is 5.32 Å². The SMILES string of the molecule is COC(=O)[C@@](C)(NC(=O)c1ccccc1)[C@H](C)/C=C/c1ccccc1. The van der Waals surface area contributed by atoms with Gasteiger partial charge in [-0.05, 0) is 24.6 Å². The van der Waals surface area contributed by atoms with E-state index in [4.69, 9.17) is 4.74 Å². The van der Waals surface area contributed by atoms with Crippen LogP contribution in [-0.2, 0) is 9.53 Å². The normalized spacial score (nSPS) is 14.5. The first-order valence-electron chi connectivity index (χ1n) is 8.16. The summed E-state index contributed by atoms with van der Waals surface area (Å²) in [6.07, 6.45) is 3.83. The lowest BCUT2D eigenvalue weighted by atomic mass is 9.85. The van der Waals surface area contributed by atoms with E-state index in [0.717, 1.165) is 5.56 Å². The number of rotatable bonds is 6. The zero-order valence-electron chi connectivity index (χ0n) is 14.7. The molecular weight excluding hydrogens is 314 g/mol. The summed E-state index contributed by atoms with van der Waals surface area (Å²) in [6.45, 7) is 3.56. The fourth-order valence-corrected chi connectivity index (χ4v) is 2.47. The van der Waals surface area contributed by atoms with Gasteiger partial charge in [-0.15, -0.1) is 0 Å². The van der Waals surface area contributed by atoms with E-state index in [1.807, 2.05) is 55.5 Å². The molecule has 2 aromatic rings. The Kier molecular flexibility index (Phi) is 6.12. The smallest absolute Gasteiger partial charge is 0.331 e. The van der Waals surface area contributed by atoms with Crippen LogP contribution >= 0.6 is 0 Å². The highest BCUT2D eigenvalue weighted by molar-refractivity contribution is 5.98. The van der Waals surface area contributed by atoms with Crippen molar-refractivity contribution >= 4 is 18.0 Å².